The van der Waals surface area contributed by atoms with E-state index in [0.717, 1.165) is 28.3 Å². The number of hydrazone groups is 1. The van der Waals surface area contributed by atoms with Gasteiger partial charge in [-0.1, -0.05) is 60.1 Å². The molecular weight excluding hydrogens is 436 g/mol. The van der Waals surface area contributed by atoms with Crippen LogP contribution in [0, 0.1) is 10.1 Å². The van der Waals surface area contributed by atoms with Gasteiger partial charge in [-0.25, -0.2) is 5.01 Å². The molecule has 5 rings (SSSR count). The lowest BCUT2D eigenvalue weighted by molar-refractivity contribution is -0.384. The maximum absolute atomic E-state index is 11.2. The lowest BCUT2D eigenvalue weighted by Crippen LogP contribution is -2.35. The van der Waals surface area contributed by atoms with Gasteiger partial charge in [-0.2, -0.15) is 5.10 Å². The summed E-state index contributed by atoms with van der Waals surface area (Å²) < 4.78 is 0. The Balaban J connectivity index is 1.70. The van der Waals surface area contributed by atoms with E-state index in [4.69, 9.17) is 16.7 Å². The fraction of sp³-hybridized carbons (Fsp3) is 0.0385. The van der Waals surface area contributed by atoms with E-state index in [1.807, 2.05) is 89.9 Å². The van der Waals surface area contributed by atoms with Crippen molar-refractivity contribution in [3.63, 3.8) is 0 Å². The van der Waals surface area contributed by atoms with Crippen molar-refractivity contribution in [2.24, 2.45) is 5.10 Å². The van der Waals surface area contributed by atoms with Gasteiger partial charge in [0.05, 0.1) is 10.6 Å². The summed E-state index contributed by atoms with van der Waals surface area (Å²) in [5.41, 5.74) is 3.69. The summed E-state index contributed by atoms with van der Waals surface area (Å²) >= 11 is 6.17. The minimum absolute atomic E-state index is 0.0465. The van der Waals surface area contributed by atoms with Crippen LogP contribution >= 0.6 is 11.6 Å². The van der Waals surface area contributed by atoms with Crippen molar-refractivity contribution in [1.82, 2.24) is 0 Å². The molecule has 0 aliphatic carbocycles. The van der Waals surface area contributed by atoms with Crippen molar-refractivity contribution in [1.29, 1.82) is 0 Å². The van der Waals surface area contributed by atoms with Gasteiger partial charge in [-0.3, -0.25) is 15.0 Å². The molecule has 33 heavy (non-hydrogen) atoms. The highest BCUT2D eigenvalue weighted by Crippen LogP contribution is 2.40. The third-order valence-corrected chi connectivity index (χ3v) is 5.72. The first-order valence-electron chi connectivity index (χ1n) is 10.4. The molecule has 0 aromatic heterocycles. The Labute approximate surface area is 196 Å². The number of nitro groups is 1. The van der Waals surface area contributed by atoms with Crippen LogP contribution in [-0.2, 0) is 0 Å². The SMILES string of the molecule is O=[N+]([O-])c1ccc([C@H]2N(c3ccccc3)N=C(c3ccccc3)N2c2ccc(Cl)cc2)cc1. The van der Waals surface area contributed by atoms with Gasteiger partial charge in [0, 0.05) is 28.4 Å². The molecule has 0 saturated heterocycles. The van der Waals surface area contributed by atoms with Gasteiger partial charge >= 0.3 is 0 Å². The first-order valence-corrected chi connectivity index (χ1v) is 10.8. The first-order chi connectivity index (χ1) is 16.1. The van der Waals surface area contributed by atoms with Crippen molar-refractivity contribution in [3.05, 3.63) is 135 Å². The van der Waals surface area contributed by atoms with Crippen molar-refractivity contribution >= 4 is 34.5 Å². The molecule has 1 aliphatic rings. The highest BCUT2D eigenvalue weighted by molar-refractivity contribution is 6.30. The van der Waals surface area contributed by atoms with Crippen molar-refractivity contribution < 1.29 is 4.92 Å². The smallest absolute Gasteiger partial charge is 0.269 e. The van der Waals surface area contributed by atoms with E-state index in [9.17, 15) is 10.1 Å². The number of nitro benzene ring substituents is 1. The van der Waals surface area contributed by atoms with E-state index >= 15 is 0 Å². The zero-order chi connectivity index (χ0) is 22.8. The summed E-state index contributed by atoms with van der Waals surface area (Å²) in [5.74, 6) is 0.769. The average molecular weight is 455 g/mol. The molecule has 1 aliphatic heterocycles. The number of rotatable bonds is 5. The zero-order valence-corrected chi connectivity index (χ0v) is 18.2. The van der Waals surface area contributed by atoms with E-state index in [0.29, 0.717) is 5.02 Å². The number of hydrogen-bond acceptors (Lipinski definition) is 5. The topological polar surface area (TPSA) is 62.0 Å². The number of halogens is 1. The van der Waals surface area contributed by atoms with Gasteiger partial charge in [0.1, 0.15) is 0 Å². The lowest BCUT2D eigenvalue weighted by atomic mass is 10.1. The number of benzene rings is 4. The molecule has 0 radical (unpaired) electrons. The Kier molecular flexibility index (Phi) is 5.50. The van der Waals surface area contributed by atoms with Gasteiger partial charge < -0.3 is 0 Å². The van der Waals surface area contributed by atoms with Crippen molar-refractivity contribution in [2.75, 3.05) is 9.91 Å². The molecule has 0 fully saturated rings. The Morgan fingerprint density at radius 3 is 1.97 bits per heavy atom. The maximum Gasteiger partial charge on any atom is 0.269 e. The number of para-hydroxylation sites is 1. The van der Waals surface area contributed by atoms with Crippen LogP contribution in [0.2, 0.25) is 5.02 Å². The normalized spacial score (nSPS) is 15.4. The summed E-state index contributed by atoms with van der Waals surface area (Å²) in [6.45, 7) is 0. The average Bonchev–Trinajstić information content (AvgIpc) is 3.26. The molecule has 7 heteroatoms. The number of non-ortho nitro benzene ring substituents is 1. The highest BCUT2D eigenvalue weighted by Gasteiger charge is 2.38. The highest BCUT2D eigenvalue weighted by atomic mass is 35.5. The van der Waals surface area contributed by atoms with Crippen LogP contribution in [0.15, 0.2) is 114 Å². The van der Waals surface area contributed by atoms with Crippen molar-refractivity contribution in [2.45, 2.75) is 6.17 Å². The summed E-state index contributed by atoms with van der Waals surface area (Å²) in [7, 11) is 0. The number of nitrogens with zero attached hydrogens (tertiary/aromatic N) is 4. The van der Waals surface area contributed by atoms with Gasteiger partial charge in [-0.05, 0) is 54.1 Å². The van der Waals surface area contributed by atoms with Crippen LogP contribution in [0.4, 0.5) is 17.1 Å². The summed E-state index contributed by atoms with van der Waals surface area (Å²) in [6, 6.07) is 34.0. The van der Waals surface area contributed by atoms with Crippen LogP contribution in [0.1, 0.15) is 17.3 Å². The van der Waals surface area contributed by atoms with Gasteiger partial charge in [0.2, 0.25) is 0 Å². The Bertz CT molecular complexity index is 1290. The second kappa shape index (κ2) is 8.76. The first kappa shape index (κ1) is 20.7. The second-order valence-electron chi connectivity index (χ2n) is 7.54. The van der Waals surface area contributed by atoms with E-state index < -0.39 is 4.92 Å². The summed E-state index contributed by atoms with van der Waals surface area (Å²) in [5, 5.41) is 18.8. The molecule has 0 saturated carbocycles. The molecule has 6 nitrogen and oxygen atoms in total. The molecule has 4 aromatic rings. The molecule has 0 spiro atoms. The molecule has 0 bridgehead atoms. The minimum atomic E-state index is -0.393. The van der Waals surface area contributed by atoms with Crippen LogP contribution < -0.4 is 9.91 Å². The number of amidine groups is 1. The second-order valence-corrected chi connectivity index (χ2v) is 7.97. The quantitative estimate of drug-likeness (QED) is 0.250. The van der Waals surface area contributed by atoms with Gasteiger partial charge in [0.25, 0.3) is 5.69 Å². The van der Waals surface area contributed by atoms with E-state index in [-0.39, 0.29) is 11.9 Å². The number of anilines is 2. The third-order valence-electron chi connectivity index (χ3n) is 5.47. The molecule has 0 amide bonds. The molecule has 0 N–H and O–H groups in total. The Hall–Kier alpha value is -4.16. The predicted molar refractivity (Wildman–Crippen MR) is 132 cm³/mol. The van der Waals surface area contributed by atoms with E-state index in [2.05, 4.69) is 4.90 Å². The fourth-order valence-corrected chi connectivity index (χ4v) is 4.04. The van der Waals surface area contributed by atoms with Crippen LogP contribution in [-0.4, -0.2) is 10.8 Å². The minimum Gasteiger partial charge on any atom is -0.297 e. The molecule has 1 atom stereocenters. The van der Waals surface area contributed by atoms with Crippen LogP contribution in [0.25, 0.3) is 0 Å². The fourth-order valence-electron chi connectivity index (χ4n) is 3.92. The third kappa shape index (κ3) is 4.04. The zero-order valence-electron chi connectivity index (χ0n) is 17.5. The van der Waals surface area contributed by atoms with Gasteiger partial charge in [-0.15, -0.1) is 0 Å². The molecule has 162 valence electrons. The van der Waals surface area contributed by atoms with E-state index in [1.165, 1.54) is 12.1 Å². The van der Waals surface area contributed by atoms with Crippen LogP contribution in [0.3, 0.4) is 0 Å². The lowest BCUT2D eigenvalue weighted by Gasteiger charge is -2.32. The molecule has 0 unspecified atom stereocenters. The monoisotopic (exact) mass is 454 g/mol. The predicted octanol–water partition coefficient (Wildman–Crippen LogP) is 6.64. The maximum atomic E-state index is 11.2. The molecular formula is C26H19ClN4O2. The molecule has 1 heterocycles. The van der Waals surface area contributed by atoms with Crippen LogP contribution in [0.5, 0.6) is 0 Å². The Morgan fingerprint density at radius 1 is 0.758 bits per heavy atom. The largest absolute Gasteiger partial charge is 0.297 e. The summed E-state index contributed by atoms with van der Waals surface area (Å²) in [4.78, 5) is 13.0. The number of hydrogen-bond donors (Lipinski definition) is 0. The van der Waals surface area contributed by atoms with Gasteiger partial charge in [0.15, 0.2) is 12.0 Å². The van der Waals surface area contributed by atoms with E-state index in [1.54, 1.807) is 12.1 Å². The Morgan fingerprint density at radius 2 is 1.36 bits per heavy atom. The van der Waals surface area contributed by atoms with Crippen molar-refractivity contribution in [3.8, 4) is 0 Å². The molecule has 4 aromatic carbocycles. The summed E-state index contributed by atoms with van der Waals surface area (Å²) in [6.07, 6.45) is -0.357. The standard InChI is InChI=1S/C26H19ClN4O2/c27-21-13-17-22(18-14-21)29-25(19-7-3-1-4-8-19)28-30(23-9-5-2-6-10-23)26(29)20-11-15-24(16-12-20)31(32)33/h1-18,26H/t26-/m1/s1.